The van der Waals surface area contributed by atoms with Gasteiger partial charge in [0.05, 0.1) is 5.41 Å². The first-order valence-electron chi connectivity index (χ1n) is 6.16. The number of carboxylic acids is 1. The predicted octanol–water partition coefficient (Wildman–Crippen LogP) is 2.68. The highest BCUT2D eigenvalue weighted by Gasteiger charge is 2.44. The van der Waals surface area contributed by atoms with Gasteiger partial charge in [0.1, 0.15) is 0 Å². The van der Waals surface area contributed by atoms with Crippen LogP contribution < -0.4 is 0 Å². The number of hydrogen-bond acceptors (Lipinski definition) is 2. The Bertz CT molecular complexity index is 248. The molecule has 0 aromatic heterocycles. The minimum atomic E-state index is -0.677. The highest BCUT2D eigenvalue weighted by atomic mass is 16.4. The van der Waals surface area contributed by atoms with Gasteiger partial charge in [-0.25, -0.2) is 0 Å². The van der Waals surface area contributed by atoms with Crippen LogP contribution in [0.4, 0.5) is 0 Å². The van der Waals surface area contributed by atoms with Crippen LogP contribution in [0.2, 0.25) is 0 Å². The Kier molecular flexibility index (Phi) is 4.00. The van der Waals surface area contributed by atoms with E-state index in [1.807, 2.05) is 6.92 Å². The minimum absolute atomic E-state index is 0.0808. The molecule has 1 aliphatic carbocycles. The second-order valence-electron chi connectivity index (χ2n) is 6.24. The average molecular weight is 228 g/mol. The second kappa shape index (κ2) is 4.74. The molecule has 0 spiro atoms. The quantitative estimate of drug-likeness (QED) is 0.777. The van der Waals surface area contributed by atoms with Gasteiger partial charge < -0.3 is 10.2 Å². The fraction of sp³-hybridized carbons (Fsp3) is 0.923. The minimum Gasteiger partial charge on any atom is -0.481 e. The first kappa shape index (κ1) is 13.5. The number of aliphatic carboxylic acids is 1. The third-order valence-electron chi connectivity index (χ3n) is 4.07. The Morgan fingerprint density at radius 2 is 1.75 bits per heavy atom. The molecule has 3 heteroatoms. The molecule has 0 aliphatic heterocycles. The number of aliphatic hydroxyl groups is 1. The van der Waals surface area contributed by atoms with Gasteiger partial charge in [-0.15, -0.1) is 0 Å². The predicted molar refractivity (Wildman–Crippen MR) is 63.2 cm³/mol. The zero-order valence-electron chi connectivity index (χ0n) is 10.6. The number of carboxylic acid groups (broad SMARTS) is 1. The van der Waals surface area contributed by atoms with Crippen molar-refractivity contribution >= 4 is 5.97 Å². The van der Waals surface area contributed by atoms with Crippen molar-refractivity contribution in [3.05, 3.63) is 0 Å². The highest BCUT2D eigenvalue weighted by Crippen LogP contribution is 2.48. The molecule has 1 rings (SSSR count). The molecule has 94 valence electrons. The highest BCUT2D eigenvalue weighted by molar-refractivity contribution is 5.74. The molecule has 0 aromatic rings. The van der Waals surface area contributed by atoms with E-state index in [2.05, 4.69) is 13.8 Å². The molecule has 16 heavy (non-hydrogen) atoms. The van der Waals surface area contributed by atoms with Gasteiger partial charge in [0.15, 0.2) is 0 Å². The zero-order valence-corrected chi connectivity index (χ0v) is 10.6. The molecule has 1 fully saturated rings. The van der Waals surface area contributed by atoms with E-state index in [1.54, 1.807) is 0 Å². The van der Waals surface area contributed by atoms with Crippen molar-refractivity contribution in [1.82, 2.24) is 0 Å². The number of carbonyl (C=O) groups is 1. The smallest absolute Gasteiger partial charge is 0.309 e. The van der Waals surface area contributed by atoms with Crippen LogP contribution in [0.3, 0.4) is 0 Å². The summed E-state index contributed by atoms with van der Waals surface area (Å²) in [4.78, 5) is 11.5. The molecule has 1 saturated carbocycles. The summed E-state index contributed by atoms with van der Waals surface area (Å²) in [6.45, 7) is 6.41. The van der Waals surface area contributed by atoms with Crippen molar-refractivity contribution < 1.29 is 15.0 Å². The number of aliphatic hydroxyl groups excluding tert-OH is 1. The van der Waals surface area contributed by atoms with Crippen LogP contribution in [0.1, 0.15) is 52.9 Å². The van der Waals surface area contributed by atoms with Gasteiger partial charge >= 0.3 is 5.97 Å². The largest absolute Gasteiger partial charge is 0.481 e. The Labute approximate surface area is 97.9 Å². The maximum Gasteiger partial charge on any atom is 0.309 e. The molecule has 1 unspecified atom stereocenters. The summed E-state index contributed by atoms with van der Waals surface area (Å²) in [7, 11) is 0. The Morgan fingerprint density at radius 1 is 1.25 bits per heavy atom. The lowest BCUT2D eigenvalue weighted by Crippen LogP contribution is -2.39. The van der Waals surface area contributed by atoms with Crippen molar-refractivity contribution in [2.45, 2.75) is 52.9 Å². The lowest BCUT2D eigenvalue weighted by Gasteiger charge is -2.41. The summed E-state index contributed by atoms with van der Waals surface area (Å²) in [5.74, 6) is -0.597. The summed E-state index contributed by atoms with van der Waals surface area (Å²) in [5, 5.41) is 18.5. The Balaban J connectivity index is 2.73. The molecular formula is C13H24O3. The lowest BCUT2D eigenvalue weighted by molar-refractivity contribution is -0.154. The van der Waals surface area contributed by atoms with E-state index in [-0.39, 0.29) is 17.9 Å². The molecule has 0 aromatic carbocycles. The maximum atomic E-state index is 11.5. The van der Waals surface area contributed by atoms with Crippen molar-refractivity contribution in [3.63, 3.8) is 0 Å². The maximum absolute atomic E-state index is 11.5. The average Bonchev–Trinajstić information content (AvgIpc) is 2.21. The summed E-state index contributed by atoms with van der Waals surface area (Å²) in [6, 6.07) is 0. The van der Waals surface area contributed by atoms with Crippen LogP contribution in [0.25, 0.3) is 0 Å². The SMILES string of the molecule is CC(CO)CC1(C(=O)O)CCC(C)(C)CC1. The van der Waals surface area contributed by atoms with E-state index in [0.717, 1.165) is 25.7 Å². The van der Waals surface area contributed by atoms with Gasteiger partial charge in [-0.2, -0.15) is 0 Å². The first-order valence-corrected chi connectivity index (χ1v) is 6.16. The van der Waals surface area contributed by atoms with E-state index in [9.17, 15) is 9.90 Å². The van der Waals surface area contributed by atoms with Crippen LogP contribution in [0.15, 0.2) is 0 Å². The molecule has 0 radical (unpaired) electrons. The lowest BCUT2D eigenvalue weighted by atomic mass is 9.62. The topological polar surface area (TPSA) is 57.5 Å². The molecule has 1 atom stereocenters. The van der Waals surface area contributed by atoms with Crippen LogP contribution >= 0.6 is 0 Å². The number of hydrogen-bond donors (Lipinski definition) is 2. The third-order valence-corrected chi connectivity index (χ3v) is 4.07. The normalized spacial score (nSPS) is 25.0. The Morgan fingerprint density at radius 3 is 2.12 bits per heavy atom. The van der Waals surface area contributed by atoms with E-state index in [1.165, 1.54) is 0 Å². The second-order valence-corrected chi connectivity index (χ2v) is 6.24. The summed E-state index contributed by atoms with van der Waals surface area (Å²) in [6.07, 6.45) is 4.04. The molecule has 0 bridgehead atoms. The molecular weight excluding hydrogens is 204 g/mol. The van der Waals surface area contributed by atoms with Crippen molar-refractivity contribution in [1.29, 1.82) is 0 Å². The molecule has 0 amide bonds. The van der Waals surface area contributed by atoms with Gasteiger partial charge in [-0.3, -0.25) is 4.79 Å². The van der Waals surface area contributed by atoms with Gasteiger partial charge in [0, 0.05) is 6.61 Å². The fourth-order valence-electron chi connectivity index (χ4n) is 2.64. The van der Waals surface area contributed by atoms with Crippen molar-refractivity contribution in [2.24, 2.45) is 16.7 Å². The van der Waals surface area contributed by atoms with Crippen LogP contribution in [0.5, 0.6) is 0 Å². The molecule has 3 nitrogen and oxygen atoms in total. The molecule has 1 aliphatic rings. The van der Waals surface area contributed by atoms with Gasteiger partial charge in [-0.1, -0.05) is 20.8 Å². The first-order chi connectivity index (χ1) is 7.31. The van der Waals surface area contributed by atoms with Gasteiger partial charge in [0.2, 0.25) is 0 Å². The van der Waals surface area contributed by atoms with Gasteiger partial charge in [0.25, 0.3) is 0 Å². The van der Waals surface area contributed by atoms with Crippen molar-refractivity contribution in [3.8, 4) is 0 Å². The summed E-state index contributed by atoms with van der Waals surface area (Å²) >= 11 is 0. The molecule has 2 N–H and O–H groups in total. The fourth-order valence-corrected chi connectivity index (χ4v) is 2.64. The van der Waals surface area contributed by atoms with Crippen LogP contribution in [-0.2, 0) is 4.79 Å². The molecule has 0 saturated heterocycles. The summed E-state index contributed by atoms with van der Waals surface area (Å²) < 4.78 is 0. The van der Waals surface area contributed by atoms with E-state index in [4.69, 9.17) is 5.11 Å². The summed E-state index contributed by atoms with van der Waals surface area (Å²) in [5.41, 5.74) is -0.306. The Hall–Kier alpha value is -0.570. The van der Waals surface area contributed by atoms with Crippen LogP contribution in [0, 0.1) is 16.7 Å². The van der Waals surface area contributed by atoms with Crippen LogP contribution in [-0.4, -0.2) is 22.8 Å². The van der Waals surface area contributed by atoms with Crippen molar-refractivity contribution in [2.75, 3.05) is 6.61 Å². The van der Waals surface area contributed by atoms with E-state index in [0.29, 0.717) is 6.42 Å². The zero-order chi connectivity index (χ0) is 12.4. The third kappa shape index (κ3) is 2.97. The monoisotopic (exact) mass is 228 g/mol. The van der Waals surface area contributed by atoms with Gasteiger partial charge in [-0.05, 0) is 43.4 Å². The molecule has 0 heterocycles. The van der Waals surface area contributed by atoms with E-state index >= 15 is 0 Å². The standard InChI is InChI=1S/C13H24O3/c1-10(9-14)8-13(11(15)16)6-4-12(2,3)5-7-13/h10,14H,4-9H2,1-3H3,(H,15,16). The van der Waals surface area contributed by atoms with E-state index < -0.39 is 11.4 Å². The number of rotatable bonds is 4.